The number of alkyl carbamates (subject to hydrolysis) is 1. The van der Waals surface area contributed by atoms with E-state index in [1.165, 1.54) is 0 Å². The Morgan fingerprint density at radius 3 is 2.59 bits per heavy atom. The number of carbonyl (C=O) groups is 1. The van der Waals surface area contributed by atoms with Gasteiger partial charge in [0.2, 0.25) is 0 Å². The summed E-state index contributed by atoms with van der Waals surface area (Å²) in [6.07, 6.45) is 2.37. The fourth-order valence-electron chi connectivity index (χ4n) is 4.87. The van der Waals surface area contributed by atoms with Gasteiger partial charge in [0.05, 0.1) is 30.0 Å². The van der Waals surface area contributed by atoms with Crippen LogP contribution in [0, 0.1) is 0 Å². The van der Waals surface area contributed by atoms with Crippen molar-refractivity contribution < 1.29 is 19.0 Å². The maximum Gasteiger partial charge on any atom is 0.407 e. The van der Waals surface area contributed by atoms with Crippen LogP contribution in [0.1, 0.15) is 37.6 Å². The summed E-state index contributed by atoms with van der Waals surface area (Å²) in [6.45, 7) is 9.12. The summed E-state index contributed by atoms with van der Waals surface area (Å²) in [5, 5.41) is 2.83. The van der Waals surface area contributed by atoms with Gasteiger partial charge >= 0.3 is 6.09 Å². The molecular weight excluding hydrogens is 512 g/mol. The molecule has 0 radical (unpaired) electrons. The average Bonchev–Trinajstić information content (AvgIpc) is 2.96. The summed E-state index contributed by atoms with van der Waals surface area (Å²) < 4.78 is 17.1. The summed E-state index contributed by atoms with van der Waals surface area (Å²) in [7, 11) is 0. The zero-order chi connectivity index (χ0) is 27.4. The number of fused-ring (bicyclic) bond motifs is 3. The first-order chi connectivity index (χ1) is 18.9. The highest BCUT2D eigenvalue weighted by molar-refractivity contribution is 7.99. The molecule has 1 fully saturated rings. The lowest BCUT2D eigenvalue weighted by atomic mass is 10.0. The van der Waals surface area contributed by atoms with Gasteiger partial charge in [0, 0.05) is 12.1 Å². The van der Waals surface area contributed by atoms with E-state index in [1.54, 1.807) is 11.8 Å². The molecule has 1 unspecified atom stereocenters. The molecule has 3 aromatic rings. The number of amides is 1. The highest BCUT2D eigenvalue weighted by atomic mass is 32.2. The van der Waals surface area contributed by atoms with Crippen molar-refractivity contribution in [1.82, 2.24) is 15.3 Å². The number of nitrogens with one attached hydrogen (secondary N) is 1. The lowest BCUT2D eigenvalue weighted by Crippen LogP contribution is -2.56. The van der Waals surface area contributed by atoms with Crippen LogP contribution >= 0.6 is 11.8 Å². The van der Waals surface area contributed by atoms with Crippen molar-refractivity contribution in [2.75, 3.05) is 37.5 Å². The Hall–Kier alpha value is -3.30. The third-order valence-electron chi connectivity index (χ3n) is 7.24. The van der Waals surface area contributed by atoms with Gasteiger partial charge in [-0.05, 0) is 44.6 Å². The first kappa shape index (κ1) is 27.3. The highest BCUT2D eigenvalue weighted by Gasteiger charge is 2.40. The van der Waals surface area contributed by atoms with E-state index in [0.29, 0.717) is 38.6 Å². The van der Waals surface area contributed by atoms with Gasteiger partial charge in [-0.2, -0.15) is 11.8 Å². The number of morpholine rings is 1. The minimum absolute atomic E-state index is 0.142. The van der Waals surface area contributed by atoms with Gasteiger partial charge in [-0.1, -0.05) is 54.6 Å². The van der Waals surface area contributed by atoms with Crippen LogP contribution in [0.25, 0.3) is 11.4 Å². The van der Waals surface area contributed by atoms with E-state index in [0.717, 1.165) is 34.0 Å². The maximum atomic E-state index is 12.1. The van der Waals surface area contributed by atoms with Crippen molar-refractivity contribution in [2.45, 2.75) is 50.6 Å². The number of carbonyl (C=O) groups excluding carboxylic acids is 1. The molecule has 39 heavy (non-hydrogen) atoms. The van der Waals surface area contributed by atoms with Gasteiger partial charge in [-0.3, -0.25) is 0 Å². The largest absolute Gasteiger partial charge is 0.486 e. The maximum absolute atomic E-state index is 12.1. The van der Waals surface area contributed by atoms with E-state index in [2.05, 4.69) is 49.4 Å². The summed E-state index contributed by atoms with van der Waals surface area (Å²) in [5.41, 5.74) is 3.92. The third-order valence-corrected chi connectivity index (χ3v) is 8.45. The molecule has 0 bridgehead atoms. The number of rotatable bonds is 8. The van der Waals surface area contributed by atoms with E-state index in [1.807, 2.05) is 42.5 Å². The molecule has 1 aromatic heterocycles. The van der Waals surface area contributed by atoms with Crippen LogP contribution in [-0.4, -0.2) is 60.8 Å². The Bertz CT molecular complexity index is 1290. The first-order valence-electron chi connectivity index (χ1n) is 13.4. The van der Waals surface area contributed by atoms with E-state index >= 15 is 0 Å². The van der Waals surface area contributed by atoms with Crippen molar-refractivity contribution in [1.29, 1.82) is 0 Å². The molecule has 1 amide bonds. The second kappa shape index (κ2) is 11.8. The second-order valence-corrected chi connectivity index (χ2v) is 11.9. The Morgan fingerprint density at radius 2 is 1.85 bits per heavy atom. The predicted octanol–water partition coefficient (Wildman–Crippen LogP) is 5.20. The molecule has 0 aliphatic carbocycles. The van der Waals surface area contributed by atoms with Crippen LogP contribution in [0.15, 0.2) is 54.6 Å². The van der Waals surface area contributed by atoms with E-state index < -0.39 is 6.09 Å². The molecule has 206 valence electrons. The van der Waals surface area contributed by atoms with Crippen molar-refractivity contribution in [2.24, 2.45) is 0 Å². The first-order valence-corrected chi connectivity index (χ1v) is 14.6. The molecule has 2 aliphatic rings. The van der Waals surface area contributed by atoms with Gasteiger partial charge < -0.3 is 24.4 Å². The van der Waals surface area contributed by atoms with E-state index in [9.17, 15) is 4.79 Å². The standard InChI is InChI=1S/C30H36N4O4S/c1-20-16-36-18-24-19-37-25-26(30(2,3)39-4)32-27(33-28(25)34(20)24)23-12-10-21(11-13-23)14-15-31-29(35)38-17-22-8-6-5-7-9-22/h5-13,20,24H,14-19H2,1-4H3,(H,31,35)/t20-,24?/m1/s1. The summed E-state index contributed by atoms with van der Waals surface area (Å²) in [4.78, 5) is 24.5. The van der Waals surface area contributed by atoms with Gasteiger partial charge in [0.25, 0.3) is 0 Å². The summed E-state index contributed by atoms with van der Waals surface area (Å²) in [5.74, 6) is 2.32. The second-order valence-electron chi connectivity index (χ2n) is 10.5. The molecule has 2 aliphatic heterocycles. The zero-order valence-electron chi connectivity index (χ0n) is 23.0. The number of hydrogen-bond donors (Lipinski definition) is 1. The van der Waals surface area contributed by atoms with E-state index in [-0.39, 0.29) is 23.4 Å². The third kappa shape index (κ3) is 6.15. The van der Waals surface area contributed by atoms with E-state index in [4.69, 9.17) is 24.2 Å². The average molecular weight is 549 g/mol. The Balaban J connectivity index is 1.29. The Morgan fingerprint density at radius 1 is 1.08 bits per heavy atom. The Labute approximate surface area is 234 Å². The van der Waals surface area contributed by atoms with Gasteiger partial charge in [-0.25, -0.2) is 14.8 Å². The molecule has 1 saturated heterocycles. The highest BCUT2D eigenvalue weighted by Crippen LogP contribution is 2.46. The minimum atomic E-state index is -0.417. The molecule has 0 spiro atoms. The van der Waals surface area contributed by atoms with Crippen molar-refractivity contribution in [3.63, 3.8) is 0 Å². The van der Waals surface area contributed by atoms with Gasteiger partial charge in [0.15, 0.2) is 17.4 Å². The number of thioether (sulfide) groups is 1. The minimum Gasteiger partial charge on any atom is -0.486 e. The molecule has 3 heterocycles. The number of aromatic nitrogens is 2. The smallest absolute Gasteiger partial charge is 0.407 e. The lowest BCUT2D eigenvalue weighted by molar-refractivity contribution is 0.0482. The molecule has 9 heteroatoms. The normalized spacial score (nSPS) is 18.5. The molecule has 0 saturated carbocycles. The van der Waals surface area contributed by atoms with Crippen LogP contribution in [0.5, 0.6) is 5.75 Å². The molecule has 8 nitrogen and oxygen atoms in total. The number of hydrogen-bond acceptors (Lipinski definition) is 8. The van der Waals surface area contributed by atoms with Crippen LogP contribution in [0.2, 0.25) is 0 Å². The predicted molar refractivity (Wildman–Crippen MR) is 154 cm³/mol. The molecule has 5 rings (SSSR count). The van der Waals surface area contributed by atoms with Crippen LogP contribution in [-0.2, 0) is 27.2 Å². The van der Waals surface area contributed by atoms with Gasteiger partial charge in [0.1, 0.15) is 18.9 Å². The van der Waals surface area contributed by atoms with Crippen LogP contribution in [0.3, 0.4) is 0 Å². The fraction of sp³-hybridized carbons (Fsp3) is 0.433. The molecule has 2 atom stereocenters. The number of nitrogens with zero attached hydrogens (tertiary/aromatic N) is 3. The zero-order valence-corrected chi connectivity index (χ0v) is 23.8. The van der Waals surface area contributed by atoms with Crippen molar-refractivity contribution >= 4 is 23.7 Å². The van der Waals surface area contributed by atoms with Crippen LogP contribution in [0.4, 0.5) is 10.6 Å². The summed E-state index contributed by atoms with van der Waals surface area (Å²) >= 11 is 1.74. The number of benzene rings is 2. The Kier molecular flexibility index (Phi) is 8.28. The van der Waals surface area contributed by atoms with Crippen LogP contribution < -0.4 is 15.0 Å². The topological polar surface area (TPSA) is 85.8 Å². The molecule has 1 N–H and O–H groups in total. The number of ether oxygens (including phenoxy) is 3. The lowest BCUT2D eigenvalue weighted by Gasteiger charge is -2.45. The SMILES string of the molecule is CSC(C)(C)c1nc(-c2ccc(CCNC(=O)OCc3ccccc3)cc2)nc2c1OCC1COC[C@@H](C)N21. The molecule has 2 aromatic carbocycles. The summed E-state index contributed by atoms with van der Waals surface area (Å²) in [6, 6.07) is 18.2. The van der Waals surface area contributed by atoms with Crippen molar-refractivity contribution in [3.05, 3.63) is 71.4 Å². The fourth-order valence-corrected chi connectivity index (χ4v) is 5.20. The number of anilines is 1. The molecular formula is C30H36N4O4S. The van der Waals surface area contributed by atoms with Crippen molar-refractivity contribution in [3.8, 4) is 17.1 Å². The quantitative estimate of drug-likeness (QED) is 0.411. The van der Waals surface area contributed by atoms with Gasteiger partial charge in [-0.15, -0.1) is 0 Å². The monoisotopic (exact) mass is 548 g/mol.